The van der Waals surface area contributed by atoms with E-state index >= 15 is 0 Å². The van der Waals surface area contributed by atoms with E-state index in [9.17, 15) is 19.6 Å². The zero-order chi connectivity index (χ0) is 28.6. The number of ether oxygens (including phenoxy) is 5. The maximum atomic E-state index is 12.9. The molecule has 1 aliphatic rings. The molecule has 0 atom stereocenters. The Morgan fingerprint density at radius 1 is 1.10 bits per heavy atom. The van der Waals surface area contributed by atoms with Gasteiger partial charge in [0.2, 0.25) is 6.79 Å². The number of fused-ring (bicyclic) bond motifs is 1. The molecular weight excluding hydrogens is 536 g/mol. The van der Waals surface area contributed by atoms with E-state index in [2.05, 4.69) is 5.32 Å². The highest BCUT2D eigenvalue weighted by molar-refractivity contribution is 7.16. The van der Waals surface area contributed by atoms with Crippen molar-refractivity contribution in [2.24, 2.45) is 0 Å². The van der Waals surface area contributed by atoms with Crippen molar-refractivity contribution in [3.63, 3.8) is 0 Å². The second-order valence-corrected chi connectivity index (χ2v) is 9.72. The van der Waals surface area contributed by atoms with Crippen molar-refractivity contribution in [1.29, 1.82) is 5.26 Å². The molecule has 11 heteroatoms. The number of thiophene rings is 1. The van der Waals surface area contributed by atoms with E-state index in [-0.39, 0.29) is 29.5 Å². The highest BCUT2D eigenvalue weighted by Crippen LogP contribution is 2.37. The number of benzene rings is 2. The van der Waals surface area contributed by atoms with E-state index in [0.717, 1.165) is 10.4 Å². The molecule has 0 radical (unpaired) electrons. The molecule has 10 nitrogen and oxygen atoms in total. The van der Waals surface area contributed by atoms with Crippen LogP contribution < -0.4 is 19.5 Å². The normalized spacial score (nSPS) is 11.9. The zero-order valence-electron chi connectivity index (χ0n) is 22.1. The monoisotopic (exact) mass is 562 g/mol. The second kappa shape index (κ2) is 12.8. The maximum Gasteiger partial charge on any atom is 0.349 e. The molecule has 1 aromatic heterocycles. The average molecular weight is 563 g/mol. The molecule has 1 N–H and O–H groups in total. The number of hydrogen-bond donors (Lipinski definition) is 1. The first-order chi connectivity index (χ1) is 19.3. The third kappa shape index (κ3) is 6.59. The Labute approximate surface area is 234 Å². The molecule has 1 aliphatic heterocycles. The van der Waals surface area contributed by atoms with Crippen LogP contribution in [0.1, 0.15) is 38.8 Å². The van der Waals surface area contributed by atoms with Gasteiger partial charge < -0.3 is 29.0 Å². The highest BCUT2D eigenvalue weighted by atomic mass is 32.1. The Balaban J connectivity index is 1.47. The number of esters is 2. The summed E-state index contributed by atoms with van der Waals surface area (Å²) in [5.74, 6) is -0.306. The number of aryl methyl sites for hydroxylation is 1. The number of carbonyl (C=O) groups excluding carboxylic acids is 3. The number of anilines is 1. The SMILES string of the molecule is CCOC(=O)c1c(NC(=O)COC(=O)/C(C#N)=C/c2ccc(OC)cc2)sc(C)c1Cc1ccc2c(c1)OCO2. The summed E-state index contributed by atoms with van der Waals surface area (Å²) >= 11 is 1.21. The number of nitriles is 1. The number of amides is 1. The van der Waals surface area contributed by atoms with E-state index in [1.807, 2.05) is 19.1 Å². The minimum absolute atomic E-state index is 0.151. The Hall–Kier alpha value is -4.82. The topological polar surface area (TPSA) is 133 Å². The van der Waals surface area contributed by atoms with Gasteiger partial charge in [-0.2, -0.15) is 5.26 Å². The molecular formula is C29H26N2O8S. The van der Waals surface area contributed by atoms with E-state index in [1.165, 1.54) is 24.5 Å². The van der Waals surface area contributed by atoms with Crippen LogP contribution in [0.4, 0.5) is 5.00 Å². The molecule has 0 unspecified atom stereocenters. The summed E-state index contributed by atoms with van der Waals surface area (Å²) in [6.07, 6.45) is 1.74. The summed E-state index contributed by atoms with van der Waals surface area (Å²) in [5.41, 5.74) is 2.13. The van der Waals surface area contributed by atoms with Crippen LogP contribution in [-0.2, 0) is 25.5 Å². The van der Waals surface area contributed by atoms with Gasteiger partial charge in [0.1, 0.15) is 22.4 Å². The molecule has 0 bridgehead atoms. The molecule has 40 heavy (non-hydrogen) atoms. The smallest absolute Gasteiger partial charge is 0.349 e. The Morgan fingerprint density at radius 2 is 1.85 bits per heavy atom. The molecule has 1 amide bonds. The van der Waals surface area contributed by atoms with Crippen molar-refractivity contribution in [2.45, 2.75) is 20.3 Å². The van der Waals surface area contributed by atoms with Crippen LogP contribution >= 0.6 is 11.3 Å². The Kier molecular flexibility index (Phi) is 9.04. The van der Waals surface area contributed by atoms with Gasteiger partial charge in [-0.25, -0.2) is 9.59 Å². The molecule has 0 saturated heterocycles. The first-order valence-corrected chi connectivity index (χ1v) is 13.0. The highest BCUT2D eigenvalue weighted by Gasteiger charge is 2.26. The molecule has 3 aromatic rings. The summed E-state index contributed by atoms with van der Waals surface area (Å²) in [6, 6.07) is 14.0. The summed E-state index contributed by atoms with van der Waals surface area (Å²) < 4.78 is 26.2. The third-order valence-electron chi connectivity index (χ3n) is 5.86. The van der Waals surface area contributed by atoms with Gasteiger partial charge in [0.05, 0.1) is 19.3 Å². The lowest BCUT2D eigenvalue weighted by Gasteiger charge is -2.10. The van der Waals surface area contributed by atoms with Crippen molar-refractivity contribution >= 4 is 40.3 Å². The van der Waals surface area contributed by atoms with Crippen LogP contribution in [0.15, 0.2) is 48.0 Å². The van der Waals surface area contributed by atoms with Gasteiger partial charge in [-0.05, 0) is 67.3 Å². The van der Waals surface area contributed by atoms with Gasteiger partial charge in [0.25, 0.3) is 5.91 Å². The Bertz CT molecular complexity index is 1500. The predicted molar refractivity (Wildman–Crippen MR) is 147 cm³/mol. The minimum atomic E-state index is -0.954. The van der Waals surface area contributed by atoms with Crippen LogP contribution in [0, 0.1) is 18.3 Å². The van der Waals surface area contributed by atoms with Gasteiger partial charge in [-0.3, -0.25) is 4.79 Å². The molecule has 2 heterocycles. The Morgan fingerprint density at radius 3 is 2.55 bits per heavy atom. The minimum Gasteiger partial charge on any atom is -0.497 e. The fraction of sp³-hybridized carbons (Fsp3) is 0.241. The van der Waals surface area contributed by atoms with E-state index in [1.54, 1.807) is 43.3 Å². The number of methoxy groups -OCH3 is 1. The summed E-state index contributed by atoms with van der Waals surface area (Å²) in [6.45, 7) is 3.18. The average Bonchev–Trinajstić information content (AvgIpc) is 3.54. The molecule has 206 valence electrons. The van der Waals surface area contributed by atoms with E-state index < -0.39 is 24.5 Å². The van der Waals surface area contributed by atoms with Gasteiger partial charge in [0, 0.05) is 4.88 Å². The lowest BCUT2D eigenvalue weighted by molar-refractivity contribution is -0.142. The molecule has 0 spiro atoms. The van der Waals surface area contributed by atoms with Crippen molar-refractivity contribution in [3.8, 4) is 23.3 Å². The largest absolute Gasteiger partial charge is 0.497 e. The molecule has 0 saturated carbocycles. The number of nitrogens with one attached hydrogen (secondary N) is 1. The van der Waals surface area contributed by atoms with E-state index in [4.69, 9.17) is 23.7 Å². The molecule has 2 aromatic carbocycles. The van der Waals surface area contributed by atoms with Crippen molar-refractivity contribution in [1.82, 2.24) is 0 Å². The molecule has 0 aliphatic carbocycles. The predicted octanol–water partition coefficient (Wildman–Crippen LogP) is 4.65. The van der Waals surface area contributed by atoms with Gasteiger partial charge >= 0.3 is 11.9 Å². The van der Waals surface area contributed by atoms with Gasteiger partial charge in [0.15, 0.2) is 18.1 Å². The molecule has 0 fully saturated rings. The van der Waals surface area contributed by atoms with Crippen LogP contribution in [0.5, 0.6) is 17.2 Å². The second-order valence-electron chi connectivity index (χ2n) is 8.49. The third-order valence-corrected chi connectivity index (χ3v) is 6.92. The fourth-order valence-electron chi connectivity index (χ4n) is 3.93. The summed E-state index contributed by atoms with van der Waals surface area (Å²) in [5, 5.41) is 12.3. The van der Waals surface area contributed by atoms with Crippen LogP contribution in [0.3, 0.4) is 0 Å². The van der Waals surface area contributed by atoms with Gasteiger partial charge in [-0.1, -0.05) is 18.2 Å². The maximum absolute atomic E-state index is 12.9. The summed E-state index contributed by atoms with van der Waals surface area (Å²) in [7, 11) is 1.53. The number of carbonyl (C=O) groups is 3. The lowest BCUT2D eigenvalue weighted by atomic mass is 10.0. The lowest BCUT2D eigenvalue weighted by Crippen LogP contribution is -2.22. The van der Waals surface area contributed by atoms with E-state index in [0.29, 0.717) is 34.8 Å². The first-order valence-electron chi connectivity index (χ1n) is 12.2. The van der Waals surface area contributed by atoms with Crippen LogP contribution in [0.25, 0.3) is 6.08 Å². The number of hydrogen-bond acceptors (Lipinski definition) is 10. The van der Waals surface area contributed by atoms with Crippen LogP contribution in [0.2, 0.25) is 0 Å². The number of rotatable bonds is 10. The van der Waals surface area contributed by atoms with Crippen molar-refractivity contribution in [3.05, 3.63) is 75.2 Å². The van der Waals surface area contributed by atoms with Crippen molar-refractivity contribution in [2.75, 3.05) is 32.4 Å². The number of nitrogens with zero attached hydrogens (tertiary/aromatic N) is 1. The fourth-order valence-corrected chi connectivity index (χ4v) is 5.01. The van der Waals surface area contributed by atoms with Crippen LogP contribution in [-0.4, -0.2) is 45.0 Å². The zero-order valence-corrected chi connectivity index (χ0v) is 22.9. The standard InChI is InChI=1S/C29H26N2O8S/c1-4-36-29(34)26-22(12-19-7-10-23-24(13-19)39-16-38-23)17(2)40-27(26)31-25(32)15-37-28(33)20(14-30)11-18-5-8-21(35-3)9-6-18/h5-11,13H,4,12,15-16H2,1-3H3,(H,31,32)/b20-11+. The summed E-state index contributed by atoms with van der Waals surface area (Å²) in [4.78, 5) is 38.9. The molecule has 4 rings (SSSR count). The first kappa shape index (κ1) is 28.2. The van der Waals surface area contributed by atoms with Crippen molar-refractivity contribution < 1.29 is 38.1 Å². The van der Waals surface area contributed by atoms with Gasteiger partial charge in [-0.15, -0.1) is 11.3 Å². The quantitative estimate of drug-likeness (QED) is 0.213.